The van der Waals surface area contributed by atoms with Crippen molar-refractivity contribution in [1.82, 2.24) is 30.2 Å². The van der Waals surface area contributed by atoms with Crippen molar-refractivity contribution < 1.29 is 18.9 Å². The third kappa shape index (κ3) is 13.1. The summed E-state index contributed by atoms with van der Waals surface area (Å²) in [5.41, 5.74) is 4.98. The molecule has 0 atom stereocenters. The van der Waals surface area contributed by atoms with E-state index in [2.05, 4.69) is 51.4 Å². The van der Waals surface area contributed by atoms with E-state index in [-0.39, 0.29) is 0 Å². The Labute approximate surface area is 354 Å². The number of aromatic nitrogens is 4. The number of likely N-dealkylation sites (tertiary alicyclic amines) is 1. The Morgan fingerprint density at radius 1 is 0.678 bits per heavy atom. The fourth-order valence-corrected chi connectivity index (χ4v) is 7.52. The molecule has 320 valence electrons. The Balaban J connectivity index is 0.000000173. The number of nitrogens with zero attached hydrogens (tertiary/aromatic N) is 5. The van der Waals surface area contributed by atoms with Crippen molar-refractivity contribution in [2.75, 3.05) is 101 Å². The Morgan fingerprint density at radius 3 is 1.64 bits per heavy atom. The van der Waals surface area contributed by atoms with Gasteiger partial charge in [-0.25, -0.2) is 9.97 Å². The van der Waals surface area contributed by atoms with E-state index in [1.807, 2.05) is 76.5 Å². The van der Waals surface area contributed by atoms with Gasteiger partial charge in [0, 0.05) is 86.6 Å². The maximum absolute atomic E-state index is 6.06. The van der Waals surface area contributed by atoms with Gasteiger partial charge >= 0.3 is 0 Å². The summed E-state index contributed by atoms with van der Waals surface area (Å²) in [6.07, 6.45) is 10.5. The molecule has 0 radical (unpaired) electrons. The molecule has 4 aromatic rings. The molecule has 4 heterocycles. The van der Waals surface area contributed by atoms with Gasteiger partial charge in [0.2, 0.25) is 11.9 Å². The standard InChI is InChI=1S/C22H31N5O2.C16H21ClN4O2.C6H11N/c1-16-13-20(23-2)26-21(24-16)25-17-5-6-18(28-3)19(14-17)29-12-4-10-27-11-9-22(15-27)7-8-22;1-11-9-15(18-2)21-16(19-11)20-12-5-6-13(22-3)14(10-12)23-8-4-7-17;1-2-6(1)3-4-7-5-6/h5-6,13-14H,4,7-12,15H2,1-3H3,(H2,23,24,25,26);5-6,9-10H,4,7-8H2,1-3H3,(H2,18,19,20,21);7H,1-5H2. The van der Waals surface area contributed by atoms with Gasteiger partial charge in [0.25, 0.3) is 0 Å². The second kappa shape index (κ2) is 20.9. The van der Waals surface area contributed by atoms with Crippen LogP contribution in [0.4, 0.5) is 34.9 Å². The van der Waals surface area contributed by atoms with E-state index in [4.69, 9.17) is 30.5 Å². The number of ether oxygens (including phenoxy) is 4. The Bertz CT molecular complexity index is 1950. The third-order valence-corrected chi connectivity index (χ3v) is 11.5. The lowest BCUT2D eigenvalue weighted by atomic mass is 10.1. The number of rotatable bonds is 17. The second-order valence-electron chi connectivity index (χ2n) is 16.0. The van der Waals surface area contributed by atoms with Crippen LogP contribution in [0.5, 0.6) is 23.0 Å². The third-order valence-electron chi connectivity index (χ3n) is 11.2. The molecule has 59 heavy (non-hydrogen) atoms. The van der Waals surface area contributed by atoms with E-state index in [1.165, 1.54) is 64.7 Å². The first-order valence-corrected chi connectivity index (χ1v) is 21.4. The number of aryl methyl sites for hydroxylation is 2. The Morgan fingerprint density at radius 2 is 1.22 bits per heavy atom. The van der Waals surface area contributed by atoms with Crippen molar-refractivity contribution >= 4 is 46.5 Å². The minimum atomic E-state index is 0.520. The van der Waals surface area contributed by atoms with Crippen molar-refractivity contribution in [3.05, 3.63) is 59.9 Å². The largest absolute Gasteiger partial charge is 0.493 e. The van der Waals surface area contributed by atoms with E-state index >= 15 is 0 Å². The van der Waals surface area contributed by atoms with Crippen LogP contribution >= 0.6 is 11.6 Å². The monoisotopic (exact) mass is 830 g/mol. The van der Waals surface area contributed by atoms with Crippen molar-refractivity contribution in [1.29, 1.82) is 0 Å². The summed E-state index contributed by atoms with van der Waals surface area (Å²) in [5.74, 6) is 5.96. The second-order valence-corrected chi connectivity index (χ2v) is 16.3. The predicted octanol–water partition coefficient (Wildman–Crippen LogP) is 8.18. The number of hydrogen-bond acceptors (Lipinski definition) is 14. The van der Waals surface area contributed by atoms with Crippen molar-refractivity contribution in [3.63, 3.8) is 0 Å². The highest BCUT2D eigenvalue weighted by atomic mass is 35.5. The number of benzene rings is 2. The van der Waals surface area contributed by atoms with Crippen LogP contribution in [0, 0.1) is 24.7 Å². The minimum Gasteiger partial charge on any atom is -0.493 e. The molecule has 5 N–H and O–H groups in total. The molecule has 0 bridgehead atoms. The molecule has 2 aromatic carbocycles. The van der Waals surface area contributed by atoms with Gasteiger partial charge in [0.1, 0.15) is 11.6 Å². The molecule has 2 aromatic heterocycles. The van der Waals surface area contributed by atoms with Gasteiger partial charge in [-0.2, -0.15) is 9.97 Å². The number of methoxy groups -OCH3 is 2. The quantitative estimate of drug-likeness (QED) is 0.0514. The van der Waals surface area contributed by atoms with Crippen molar-refractivity contribution in [2.24, 2.45) is 10.8 Å². The number of nitrogens with one attached hydrogen (secondary N) is 5. The summed E-state index contributed by atoms with van der Waals surface area (Å²) in [6.45, 7) is 11.3. The normalized spacial score (nSPS) is 16.6. The molecule has 14 nitrogen and oxygen atoms in total. The number of halogens is 1. The highest BCUT2D eigenvalue weighted by Crippen LogP contribution is 2.52. The zero-order chi connectivity index (χ0) is 41.7. The average molecular weight is 832 g/mol. The van der Waals surface area contributed by atoms with Gasteiger partial charge in [-0.3, -0.25) is 0 Å². The van der Waals surface area contributed by atoms with E-state index in [1.54, 1.807) is 14.2 Å². The summed E-state index contributed by atoms with van der Waals surface area (Å²) >= 11 is 5.68. The van der Waals surface area contributed by atoms with Gasteiger partial charge in [-0.05, 0) is 113 Å². The Kier molecular flexibility index (Phi) is 15.5. The lowest BCUT2D eigenvalue weighted by Crippen LogP contribution is -2.23. The summed E-state index contributed by atoms with van der Waals surface area (Å²) in [5, 5.41) is 15.9. The summed E-state index contributed by atoms with van der Waals surface area (Å²) in [4.78, 5) is 20.2. The van der Waals surface area contributed by atoms with Crippen LogP contribution in [0.15, 0.2) is 48.5 Å². The molecular formula is C44H63ClN10O4. The van der Waals surface area contributed by atoms with E-state index in [9.17, 15) is 0 Å². The van der Waals surface area contributed by atoms with E-state index < -0.39 is 0 Å². The molecule has 15 heteroatoms. The minimum absolute atomic E-state index is 0.520. The van der Waals surface area contributed by atoms with Gasteiger partial charge in [0.15, 0.2) is 23.0 Å². The van der Waals surface area contributed by atoms with Crippen molar-refractivity contribution in [2.45, 2.75) is 65.2 Å². The average Bonchev–Trinajstić information content (AvgIpc) is 4.08. The van der Waals surface area contributed by atoms with Crippen LogP contribution in [0.25, 0.3) is 0 Å². The smallest absolute Gasteiger partial charge is 0.229 e. The predicted molar refractivity (Wildman–Crippen MR) is 238 cm³/mol. The fraction of sp³-hybridized carbons (Fsp3) is 0.545. The lowest BCUT2D eigenvalue weighted by molar-refractivity contribution is 0.249. The Hall–Kier alpha value is -4.79. The van der Waals surface area contributed by atoms with Crippen molar-refractivity contribution in [3.8, 4) is 23.0 Å². The number of alkyl halides is 1. The molecule has 2 aliphatic heterocycles. The SMILES string of the molecule is C1CC2(CC2)CN1.CNc1cc(C)nc(Nc2ccc(OC)c(OCCCCl)c2)n1.CNc1cc(C)nc(Nc2ccc(OC)c(OCCCN3CCC4(CC4)C3)c2)n1. The van der Waals surface area contributed by atoms with Crippen LogP contribution in [0.2, 0.25) is 0 Å². The highest BCUT2D eigenvalue weighted by molar-refractivity contribution is 6.17. The van der Waals surface area contributed by atoms with Crippen LogP contribution in [0.3, 0.4) is 0 Å². The zero-order valence-corrected chi connectivity index (χ0v) is 36.4. The molecule has 8 rings (SSSR count). The molecular weight excluding hydrogens is 768 g/mol. The van der Waals surface area contributed by atoms with Gasteiger partial charge in [-0.15, -0.1) is 11.6 Å². The fourth-order valence-electron chi connectivity index (χ4n) is 7.41. The van der Waals surface area contributed by atoms with Gasteiger partial charge in [0.05, 0.1) is 27.4 Å². The topological polar surface area (TPSA) is 152 Å². The molecule has 2 spiro atoms. The number of hydrogen-bond donors (Lipinski definition) is 5. The summed E-state index contributed by atoms with van der Waals surface area (Å²) in [6, 6.07) is 15.2. The maximum atomic E-state index is 6.06. The molecule has 2 aliphatic carbocycles. The number of anilines is 6. The first-order valence-electron chi connectivity index (χ1n) is 20.9. The molecule has 4 aliphatic rings. The van der Waals surface area contributed by atoms with Gasteiger partial charge < -0.3 is 50.4 Å². The molecule has 2 saturated heterocycles. The van der Waals surface area contributed by atoms with Crippen LogP contribution in [-0.2, 0) is 0 Å². The van der Waals surface area contributed by atoms with Crippen LogP contribution in [0.1, 0.15) is 62.8 Å². The van der Waals surface area contributed by atoms with E-state index in [0.717, 1.165) is 70.7 Å². The maximum Gasteiger partial charge on any atom is 0.229 e. The molecule has 0 amide bonds. The summed E-state index contributed by atoms with van der Waals surface area (Å²) in [7, 11) is 6.94. The highest BCUT2D eigenvalue weighted by Gasteiger charge is 2.47. The summed E-state index contributed by atoms with van der Waals surface area (Å²) < 4.78 is 22.5. The molecule has 0 unspecified atom stereocenters. The zero-order valence-electron chi connectivity index (χ0n) is 35.7. The van der Waals surface area contributed by atoms with Crippen LogP contribution < -0.4 is 45.5 Å². The first-order chi connectivity index (χ1) is 28.7. The lowest BCUT2D eigenvalue weighted by Gasteiger charge is -2.17. The molecule has 2 saturated carbocycles. The first kappa shape index (κ1) is 43.8. The van der Waals surface area contributed by atoms with Gasteiger partial charge in [-0.1, -0.05) is 0 Å². The molecule has 4 fully saturated rings. The van der Waals surface area contributed by atoms with Crippen LogP contribution in [-0.4, -0.2) is 105 Å². The van der Waals surface area contributed by atoms with E-state index in [0.29, 0.717) is 47.9 Å².